The summed E-state index contributed by atoms with van der Waals surface area (Å²) >= 11 is 0. The molecule has 0 saturated carbocycles. The number of allylic oxidation sites excluding steroid dienone is 4. The van der Waals surface area contributed by atoms with Crippen molar-refractivity contribution in [3.8, 4) is 0 Å². The molecule has 0 fully saturated rings. The van der Waals surface area contributed by atoms with Gasteiger partial charge in [0.05, 0.1) is 25.4 Å². The fraction of sp³-hybridized carbons (Fsp3) is 0.893. The van der Waals surface area contributed by atoms with Crippen LogP contribution in [0, 0.1) is 0 Å². The van der Waals surface area contributed by atoms with Gasteiger partial charge < -0.3 is 20.3 Å². The van der Waals surface area contributed by atoms with E-state index in [4.69, 9.17) is 4.74 Å². The van der Waals surface area contributed by atoms with E-state index in [2.05, 4.69) is 43.5 Å². The Bertz CT molecular complexity index is 966. The molecule has 0 radical (unpaired) electrons. The maximum atomic E-state index is 12.4. The first-order chi connectivity index (χ1) is 30.5. The first-order valence-electron chi connectivity index (χ1n) is 27.6. The number of hydrogen-bond donors (Lipinski definition) is 3. The average molecular weight is 874 g/mol. The molecule has 0 aliphatic rings. The summed E-state index contributed by atoms with van der Waals surface area (Å²) < 4.78 is 5.48. The van der Waals surface area contributed by atoms with Crippen LogP contribution in [0.25, 0.3) is 0 Å². The van der Waals surface area contributed by atoms with Crippen molar-refractivity contribution in [2.45, 2.75) is 309 Å². The number of amides is 1. The molecule has 3 N–H and O–H groups in total. The molecule has 0 aromatic carbocycles. The molecule has 1 amide bonds. The summed E-state index contributed by atoms with van der Waals surface area (Å²) in [5.41, 5.74) is 0. The summed E-state index contributed by atoms with van der Waals surface area (Å²) in [6.07, 6.45) is 61.5. The highest BCUT2D eigenvalue weighted by molar-refractivity contribution is 5.76. The van der Waals surface area contributed by atoms with E-state index in [0.717, 1.165) is 51.4 Å². The molecular weight excluding hydrogens is 767 g/mol. The minimum atomic E-state index is -0.668. The van der Waals surface area contributed by atoms with Crippen LogP contribution in [0.3, 0.4) is 0 Å². The summed E-state index contributed by atoms with van der Waals surface area (Å²) in [6.45, 7) is 4.91. The van der Waals surface area contributed by atoms with Gasteiger partial charge in [0.25, 0.3) is 0 Å². The maximum Gasteiger partial charge on any atom is 0.305 e. The molecule has 62 heavy (non-hydrogen) atoms. The normalized spacial score (nSPS) is 12.8. The SMILES string of the molecule is CCCCC/C=C\C/C=C\CCCCCCCCCC(=O)OCCCCCCCCCCCCCCCCCCC(=O)NC(CO)C(O)CCCCCCCCCCCCCC. The van der Waals surface area contributed by atoms with E-state index in [1.165, 1.54) is 212 Å². The predicted octanol–water partition coefficient (Wildman–Crippen LogP) is 16.7. The van der Waals surface area contributed by atoms with Crippen LogP contribution in [0.2, 0.25) is 0 Å². The van der Waals surface area contributed by atoms with Crippen molar-refractivity contribution in [2.75, 3.05) is 13.2 Å². The molecule has 366 valence electrons. The molecule has 0 aliphatic heterocycles. The Morgan fingerprint density at radius 3 is 1.26 bits per heavy atom. The van der Waals surface area contributed by atoms with Crippen LogP contribution in [-0.2, 0) is 14.3 Å². The van der Waals surface area contributed by atoms with E-state index >= 15 is 0 Å². The van der Waals surface area contributed by atoms with Crippen LogP contribution in [0.1, 0.15) is 296 Å². The van der Waals surface area contributed by atoms with Crippen molar-refractivity contribution in [1.82, 2.24) is 5.32 Å². The van der Waals surface area contributed by atoms with Crippen LogP contribution >= 0.6 is 0 Å². The highest BCUT2D eigenvalue weighted by Gasteiger charge is 2.20. The van der Waals surface area contributed by atoms with Crippen molar-refractivity contribution >= 4 is 11.9 Å². The van der Waals surface area contributed by atoms with E-state index < -0.39 is 12.1 Å². The van der Waals surface area contributed by atoms with Crippen LogP contribution < -0.4 is 5.32 Å². The molecule has 0 rings (SSSR count). The number of ether oxygens (including phenoxy) is 1. The van der Waals surface area contributed by atoms with Crippen LogP contribution in [0.4, 0.5) is 0 Å². The van der Waals surface area contributed by atoms with E-state index in [1.807, 2.05) is 0 Å². The number of nitrogens with one attached hydrogen (secondary N) is 1. The summed E-state index contributed by atoms with van der Waals surface area (Å²) in [7, 11) is 0. The summed E-state index contributed by atoms with van der Waals surface area (Å²) in [6, 6.07) is -0.546. The first-order valence-corrected chi connectivity index (χ1v) is 27.6. The van der Waals surface area contributed by atoms with Crippen LogP contribution in [0.5, 0.6) is 0 Å². The van der Waals surface area contributed by atoms with Crippen molar-refractivity contribution in [3.63, 3.8) is 0 Å². The first kappa shape index (κ1) is 60.3. The lowest BCUT2D eigenvalue weighted by atomic mass is 10.0. The molecule has 0 saturated heterocycles. The predicted molar refractivity (Wildman–Crippen MR) is 269 cm³/mol. The average Bonchev–Trinajstić information content (AvgIpc) is 3.27. The van der Waals surface area contributed by atoms with E-state index in [9.17, 15) is 19.8 Å². The molecule has 0 spiro atoms. The molecule has 0 bridgehead atoms. The highest BCUT2D eigenvalue weighted by atomic mass is 16.5. The second-order valence-corrected chi connectivity index (χ2v) is 18.9. The Morgan fingerprint density at radius 2 is 0.806 bits per heavy atom. The smallest absolute Gasteiger partial charge is 0.305 e. The fourth-order valence-electron chi connectivity index (χ4n) is 8.49. The summed E-state index contributed by atoms with van der Waals surface area (Å²) in [5.74, 6) is -0.0468. The quantitative estimate of drug-likeness (QED) is 0.0321. The van der Waals surface area contributed by atoms with Crippen LogP contribution in [-0.4, -0.2) is 47.4 Å². The number of carbonyl (C=O) groups is 2. The van der Waals surface area contributed by atoms with Gasteiger partial charge in [0.15, 0.2) is 0 Å². The summed E-state index contributed by atoms with van der Waals surface area (Å²) in [5, 5.41) is 23.2. The van der Waals surface area contributed by atoms with Gasteiger partial charge in [-0.2, -0.15) is 0 Å². The second-order valence-electron chi connectivity index (χ2n) is 18.9. The molecule has 0 aromatic rings. The number of hydrogen-bond acceptors (Lipinski definition) is 5. The van der Waals surface area contributed by atoms with Crippen molar-refractivity contribution in [2.24, 2.45) is 0 Å². The van der Waals surface area contributed by atoms with Gasteiger partial charge in [0.1, 0.15) is 0 Å². The molecule has 2 atom stereocenters. The van der Waals surface area contributed by atoms with Gasteiger partial charge in [0, 0.05) is 12.8 Å². The van der Waals surface area contributed by atoms with Gasteiger partial charge in [-0.25, -0.2) is 0 Å². The molecule has 0 heterocycles. The Labute approximate surface area is 386 Å². The van der Waals surface area contributed by atoms with Gasteiger partial charge in [-0.15, -0.1) is 0 Å². The third-order valence-corrected chi connectivity index (χ3v) is 12.8. The lowest BCUT2D eigenvalue weighted by Crippen LogP contribution is -2.45. The fourth-order valence-corrected chi connectivity index (χ4v) is 8.49. The number of aliphatic hydroxyl groups is 2. The lowest BCUT2D eigenvalue weighted by molar-refractivity contribution is -0.143. The standard InChI is InChI=1S/C56H107NO5/c1-3-5-7-9-11-13-15-17-18-19-23-26-30-34-38-42-46-50-56(61)62-51-47-43-39-35-31-27-24-21-20-22-25-29-33-37-41-45-49-55(60)57-53(52-58)54(59)48-44-40-36-32-28-16-14-12-10-8-6-4-2/h11,13,17-18,53-54,58-59H,3-10,12,14-16,19-52H2,1-2H3,(H,57,60)/b13-11-,18-17-. The third kappa shape index (κ3) is 47.8. The largest absolute Gasteiger partial charge is 0.466 e. The molecular formula is C56H107NO5. The van der Waals surface area contributed by atoms with Crippen molar-refractivity contribution < 1.29 is 24.5 Å². The summed E-state index contributed by atoms with van der Waals surface area (Å²) in [4.78, 5) is 24.5. The molecule has 0 aliphatic carbocycles. The van der Waals surface area contributed by atoms with Gasteiger partial charge in [-0.1, -0.05) is 250 Å². The Morgan fingerprint density at radius 1 is 0.452 bits per heavy atom. The highest BCUT2D eigenvalue weighted by Crippen LogP contribution is 2.17. The van der Waals surface area contributed by atoms with E-state index in [1.54, 1.807) is 0 Å². The van der Waals surface area contributed by atoms with Crippen LogP contribution in [0.15, 0.2) is 24.3 Å². The van der Waals surface area contributed by atoms with Gasteiger partial charge in [-0.05, 0) is 57.8 Å². The molecule has 0 aromatic heterocycles. The Balaban J connectivity index is 3.41. The van der Waals surface area contributed by atoms with Crippen molar-refractivity contribution in [3.05, 3.63) is 24.3 Å². The third-order valence-electron chi connectivity index (χ3n) is 12.8. The Hall–Kier alpha value is -1.66. The van der Waals surface area contributed by atoms with E-state index in [0.29, 0.717) is 25.9 Å². The maximum absolute atomic E-state index is 12.4. The van der Waals surface area contributed by atoms with E-state index in [-0.39, 0.29) is 18.5 Å². The van der Waals surface area contributed by atoms with Gasteiger partial charge in [-0.3, -0.25) is 9.59 Å². The second kappa shape index (κ2) is 52.0. The number of rotatable bonds is 51. The minimum absolute atomic E-state index is 0.00456. The zero-order chi connectivity index (χ0) is 45.1. The number of esters is 1. The van der Waals surface area contributed by atoms with Gasteiger partial charge in [0.2, 0.25) is 5.91 Å². The van der Waals surface area contributed by atoms with Crippen molar-refractivity contribution in [1.29, 1.82) is 0 Å². The zero-order valence-corrected chi connectivity index (χ0v) is 41.6. The van der Waals surface area contributed by atoms with Gasteiger partial charge >= 0.3 is 5.97 Å². The minimum Gasteiger partial charge on any atom is -0.466 e. The lowest BCUT2D eigenvalue weighted by Gasteiger charge is -2.22. The molecule has 2 unspecified atom stereocenters. The zero-order valence-electron chi connectivity index (χ0n) is 41.6. The number of unbranched alkanes of at least 4 members (excludes halogenated alkanes) is 36. The topological polar surface area (TPSA) is 95.9 Å². The monoisotopic (exact) mass is 874 g/mol. The molecule has 6 heteroatoms. The molecule has 6 nitrogen and oxygen atoms in total. The Kier molecular flexibility index (Phi) is 50.6. The number of carbonyl (C=O) groups excluding carboxylic acids is 2. The number of aliphatic hydroxyl groups excluding tert-OH is 2.